The van der Waals surface area contributed by atoms with Crippen molar-refractivity contribution in [2.24, 2.45) is 0 Å². The Kier molecular flexibility index (Phi) is 4.57. The fraction of sp³-hybridized carbons (Fsp3) is 0.350. The lowest BCUT2D eigenvalue weighted by atomic mass is 10.1. The smallest absolute Gasteiger partial charge is 0.254 e. The second-order valence-corrected chi connectivity index (χ2v) is 6.34. The number of amides is 1. The molecule has 4 rings (SSSR count). The number of hydrogen-bond donors (Lipinski definition) is 0. The van der Waals surface area contributed by atoms with E-state index in [1.807, 2.05) is 23.1 Å². The number of nitrogens with zero attached hydrogens (tertiary/aromatic N) is 1. The third-order valence-electron chi connectivity index (χ3n) is 4.64. The lowest BCUT2D eigenvalue weighted by Crippen LogP contribution is -2.45. The Morgan fingerprint density at radius 3 is 2.80 bits per heavy atom. The lowest BCUT2D eigenvalue weighted by molar-refractivity contribution is -0.0246. The summed E-state index contributed by atoms with van der Waals surface area (Å²) in [7, 11) is 0. The summed E-state index contributed by atoms with van der Waals surface area (Å²) in [5.74, 6) is 1.35. The zero-order chi connectivity index (χ0) is 17.1. The average Bonchev–Trinajstić information content (AvgIpc) is 3.14. The van der Waals surface area contributed by atoms with Crippen molar-refractivity contribution in [2.45, 2.75) is 18.9 Å². The molecule has 2 aromatic carbocycles. The molecule has 1 amide bonds. The molecule has 25 heavy (non-hydrogen) atoms. The van der Waals surface area contributed by atoms with Crippen molar-refractivity contribution in [3.05, 3.63) is 59.7 Å². The minimum absolute atomic E-state index is 0.0197. The van der Waals surface area contributed by atoms with Crippen LogP contribution in [0, 0.1) is 0 Å². The third kappa shape index (κ3) is 3.61. The van der Waals surface area contributed by atoms with Crippen molar-refractivity contribution in [1.29, 1.82) is 0 Å². The molecule has 0 saturated carbocycles. The maximum atomic E-state index is 12.8. The van der Waals surface area contributed by atoms with Gasteiger partial charge in [0.2, 0.25) is 6.79 Å². The van der Waals surface area contributed by atoms with Crippen LogP contribution in [-0.4, -0.2) is 43.4 Å². The summed E-state index contributed by atoms with van der Waals surface area (Å²) < 4.78 is 16.5. The molecule has 0 N–H and O–H groups in total. The summed E-state index contributed by atoms with van der Waals surface area (Å²) in [6, 6.07) is 15.7. The number of carbonyl (C=O) groups is 1. The van der Waals surface area contributed by atoms with Gasteiger partial charge in [-0.3, -0.25) is 4.79 Å². The third-order valence-corrected chi connectivity index (χ3v) is 4.64. The molecular formula is C20H21NO4. The zero-order valence-corrected chi connectivity index (χ0v) is 14.0. The van der Waals surface area contributed by atoms with E-state index in [-0.39, 0.29) is 18.8 Å². The van der Waals surface area contributed by atoms with E-state index in [0.29, 0.717) is 36.8 Å². The number of ether oxygens (including phenoxy) is 3. The molecule has 2 aromatic rings. The number of hydrogen-bond acceptors (Lipinski definition) is 4. The summed E-state index contributed by atoms with van der Waals surface area (Å²) in [6.45, 7) is 2.04. The minimum Gasteiger partial charge on any atom is -0.454 e. The van der Waals surface area contributed by atoms with Crippen LogP contribution in [0.25, 0.3) is 0 Å². The lowest BCUT2D eigenvalue weighted by Gasteiger charge is -2.33. The molecule has 5 heteroatoms. The first-order valence-corrected chi connectivity index (χ1v) is 8.64. The standard InChI is InChI=1S/C20H21NO4/c22-20(16-7-9-18-19(12-16)25-14-24-18)21-10-11-23-17(13-21)8-6-15-4-2-1-3-5-15/h1-5,7,9,12,17H,6,8,10-11,13-14H2/t17-/m1/s1. The van der Waals surface area contributed by atoms with Gasteiger partial charge < -0.3 is 19.1 Å². The van der Waals surface area contributed by atoms with Crippen molar-refractivity contribution >= 4 is 5.91 Å². The second-order valence-electron chi connectivity index (χ2n) is 6.34. The van der Waals surface area contributed by atoms with Gasteiger partial charge in [0, 0.05) is 18.7 Å². The Bertz CT molecular complexity index is 747. The van der Waals surface area contributed by atoms with E-state index in [0.717, 1.165) is 12.8 Å². The molecule has 0 radical (unpaired) electrons. The Morgan fingerprint density at radius 1 is 1.08 bits per heavy atom. The molecule has 2 aliphatic heterocycles. The highest BCUT2D eigenvalue weighted by atomic mass is 16.7. The normalized spacial score (nSPS) is 19.0. The van der Waals surface area contributed by atoms with Gasteiger partial charge in [-0.15, -0.1) is 0 Å². The molecule has 1 atom stereocenters. The van der Waals surface area contributed by atoms with E-state index < -0.39 is 0 Å². The molecule has 0 spiro atoms. The summed E-state index contributed by atoms with van der Waals surface area (Å²) in [5.41, 5.74) is 1.93. The SMILES string of the molecule is O=C(c1ccc2c(c1)OCO2)N1CCO[C@H](CCc2ccccc2)C1. The van der Waals surface area contributed by atoms with Crippen LogP contribution in [0.5, 0.6) is 11.5 Å². The van der Waals surface area contributed by atoms with E-state index >= 15 is 0 Å². The predicted molar refractivity (Wildman–Crippen MR) is 93.0 cm³/mol. The van der Waals surface area contributed by atoms with Gasteiger partial charge in [-0.2, -0.15) is 0 Å². The van der Waals surface area contributed by atoms with E-state index in [1.54, 1.807) is 18.2 Å². The van der Waals surface area contributed by atoms with Crippen molar-refractivity contribution in [2.75, 3.05) is 26.5 Å². The molecule has 0 aromatic heterocycles. The van der Waals surface area contributed by atoms with Gasteiger partial charge in [-0.05, 0) is 36.6 Å². The molecule has 2 heterocycles. The topological polar surface area (TPSA) is 48.0 Å². The molecule has 1 saturated heterocycles. The first kappa shape index (κ1) is 16.0. The van der Waals surface area contributed by atoms with Gasteiger partial charge in [-0.1, -0.05) is 30.3 Å². The van der Waals surface area contributed by atoms with Gasteiger partial charge >= 0.3 is 0 Å². The largest absolute Gasteiger partial charge is 0.454 e. The Balaban J connectivity index is 1.38. The maximum Gasteiger partial charge on any atom is 0.254 e. The molecule has 0 unspecified atom stereocenters. The molecular weight excluding hydrogens is 318 g/mol. The number of carbonyl (C=O) groups excluding carboxylic acids is 1. The van der Waals surface area contributed by atoms with E-state index in [4.69, 9.17) is 14.2 Å². The molecule has 2 aliphatic rings. The molecule has 130 valence electrons. The van der Waals surface area contributed by atoms with Gasteiger partial charge in [0.05, 0.1) is 12.7 Å². The van der Waals surface area contributed by atoms with Gasteiger partial charge in [0.25, 0.3) is 5.91 Å². The number of aryl methyl sites for hydroxylation is 1. The maximum absolute atomic E-state index is 12.8. The first-order chi connectivity index (χ1) is 12.3. The number of rotatable bonds is 4. The van der Waals surface area contributed by atoms with Crippen LogP contribution in [0.3, 0.4) is 0 Å². The van der Waals surface area contributed by atoms with Crippen molar-refractivity contribution < 1.29 is 19.0 Å². The summed E-state index contributed by atoms with van der Waals surface area (Å²) in [4.78, 5) is 14.7. The van der Waals surface area contributed by atoms with Crippen LogP contribution in [0.15, 0.2) is 48.5 Å². The predicted octanol–water partition coefficient (Wildman–Crippen LogP) is 2.89. The fourth-order valence-electron chi connectivity index (χ4n) is 3.26. The molecule has 5 nitrogen and oxygen atoms in total. The number of fused-ring (bicyclic) bond motifs is 1. The second kappa shape index (κ2) is 7.15. The number of benzene rings is 2. The van der Waals surface area contributed by atoms with Gasteiger partial charge in [0.15, 0.2) is 11.5 Å². The molecule has 0 bridgehead atoms. The highest BCUT2D eigenvalue weighted by molar-refractivity contribution is 5.95. The quantitative estimate of drug-likeness (QED) is 0.859. The van der Waals surface area contributed by atoms with Crippen LogP contribution < -0.4 is 9.47 Å². The van der Waals surface area contributed by atoms with Crippen molar-refractivity contribution in [1.82, 2.24) is 4.90 Å². The number of morpholine rings is 1. The van der Waals surface area contributed by atoms with Crippen LogP contribution >= 0.6 is 0 Å². The summed E-state index contributed by atoms with van der Waals surface area (Å²) in [5, 5.41) is 0. The van der Waals surface area contributed by atoms with Crippen LogP contribution in [0.4, 0.5) is 0 Å². The minimum atomic E-state index is 0.0197. The Morgan fingerprint density at radius 2 is 1.92 bits per heavy atom. The monoisotopic (exact) mass is 339 g/mol. The van der Waals surface area contributed by atoms with E-state index in [2.05, 4.69) is 12.1 Å². The summed E-state index contributed by atoms with van der Waals surface area (Å²) in [6.07, 6.45) is 1.94. The Hall–Kier alpha value is -2.53. The highest BCUT2D eigenvalue weighted by Gasteiger charge is 2.26. The molecule has 0 aliphatic carbocycles. The first-order valence-electron chi connectivity index (χ1n) is 8.64. The molecule has 1 fully saturated rings. The van der Waals surface area contributed by atoms with Crippen LogP contribution in [0.2, 0.25) is 0 Å². The average molecular weight is 339 g/mol. The van der Waals surface area contributed by atoms with Crippen molar-refractivity contribution in [3.8, 4) is 11.5 Å². The highest BCUT2D eigenvalue weighted by Crippen LogP contribution is 2.33. The summed E-state index contributed by atoms with van der Waals surface area (Å²) >= 11 is 0. The van der Waals surface area contributed by atoms with Gasteiger partial charge in [-0.25, -0.2) is 0 Å². The van der Waals surface area contributed by atoms with E-state index in [1.165, 1.54) is 5.56 Å². The van der Waals surface area contributed by atoms with Gasteiger partial charge in [0.1, 0.15) is 0 Å². The fourth-order valence-corrected chi connectivity index (χ4v) is 3.26. The van der Waals surface area contributed by atoms with Crippen LogP contribution in [0.1, 0.15) is 22.3 Å². The van der Waals surface area contributed by atoms with Crippen LogP contribution in [-0.2, 0) is 11.2 Å². The van der Waals surface area contributed by atoms with Crippen molar-refractivity contribution in [3.63, 3.8) is 0 Å². The zero-order valence-electron chi connectivity index (χ0n) is 14.0. The Labute approximate surface area is 147 Å². The van der Waals surface area contributed by atoms with E-state index in [9.17, 15) is 4.79 Å².